The highest BCUT2D eigenvalue weighted by molar-refractivity contribution is 7.47. The minimum Gasteiger partial charge on any atom is -0.394 e. The van der Waals surface area contributed by atoms with Crippen LogP contribution in [-0.2, 0) is 18.4 Å². The molecular weight excluding hydrogens is 261 g/mol. The number of hydrogen-bond acceptors (Lipinski definition) is 5. The first-order chi connectivity index (χ1) is 8.39. The Kier molecular flexibility index (Phi) is 13.9. The highest BCUT2D eigenvalue weighted by Gasteiger charge is 2.19. The number of phosphoric ester groups is 1. The van der Waals surface area contributed by atoms with E-state index in [0.717, 1.165) is 25.3 Å². The predicted molar refractivity (Wildman–Crippen MR) is 67.7 cm³/mol. The van der Waals surface area contributed by atoms with E-state index in [0.29, 0.717) is 0 Å². The van der Waals surface area contributed by atoms with Crippen molar-refractivity contribution >= 4 is 13.7 Å². The molecule has 0 bridgehead atoms. The molecule has 0 fully saturated rings. The van der Waals surface area contributed by atoms with Crippen LogP contribution in [0.1, 0.15) is 26.2 Å². The van der Waals surface area contributed by atoms with E-state index in [4.69, 9.17) is 10.00 Å². The van der Waals surface area contributed by atoms with Gasteiger partial charge >= 0.3 is 7.82 Å². The van der Waals surface area contributed by atoms with Crippen molar-refractivity contribution < 1.29 is 28.4 Å². The number of amides is 1. The van der Waals surface area contributed by atoms with Gasteiger partial charge in [0.15, 0.2) is 0 Å². The molecule has 1 unspecified atom stereocenters. The zero-order valence-corrected chi connectivity index (χ0v) is 11.5. The summed E-state index contributed by atoms with van der Waals surface area (Å²) in [6.07, 6.45) is 3.78. The van der Waals surface area contributed by atoms with Crippen LogP contribution in [0.25, 0.3) is 0 Å². The maximum absolute atomic E-state index is 10.9. The van der Waals surface area contributed by atoms with E-state index in [1.807, 2.05) is 6.92 Å². The van der Waals surface area contributed by atoms with Crippen LogP contribution in [0.15, 0.2) is 12.7 Å². The van der Waals surface area contributed by atoms with Crippen LogP contribution < -0.4 is 5.73 Å². The molecule has 0 spiro atoms. The summed E-state index contributed by atoms with van der Waals surface area (Å²) < 4.78 is 19.9. The van der Waals surface area contributed by atoms with Crippen LogP contribution >= 0.6 is 7.82 Å². The standard InChI is InChI=1S/C7H17O5P.C3H5NO/c1-2-3-4-6-11-13(9,10)12-7-5-8;1-2-3(4)5/h8H,2-7H2,1H3,(H,9,10);2H,1H2,(H2,4,5). The summed E-state index contributed by atoms with van der Waals surface area (Å²) >= 11 is 0. The molecule has 7 nitrogen and oxygen atoms in total. The van der Waals surface area contributed by atoms with Crippen LogP contribution in [0.2, 0.25) is 0 Å². The lowest BCUT2D eigenvalue weighted by Crippen LogP contribution is -2.04. The highest BCUT2D eigenvalue weighted by atomic mass is 31.2. The SMILES string of the molecule is C=CC(N)=O.CCCCCOP(=O)(O)OCCO. The van der Waals surface area contributed by atoms with Gasteiger partial charge in [0.1, 0.15) is 0 Å². The van der Waals surface area contributed by atoms with E-state index in [9.17, 15) is 9.36 Å². The van der Waals surface area contributed by atoms with Crippen LogP contribution in [0.5, 0.6) is 0 Å². The number of hydrogen-bond donors (Lipinski definition) is 3. The van der Waals surface area contributed by atoms with Gasteiger partial charge in [0.05, 0.1) is 19.8 Å². The monoisotopic (exact) mass is 283 g/mol. The van der Waals surface area contributed by atoms with Gasteiger partial charge in [-0.15, -0.1) is 0 Å². The van der Waals surface area contributed by atoms with Gasteiger partial charge in [0, 0.05) is 0 Å². The molecular formula is C10H22NO6P. The van der Waals surface area contributed by atoms with Crippen molar-refractivity contribution in [3.05, 3.63) is 12.7 Å². The van der Waals surface area contributed by atoms with Gasteiger partial charge in [-0.1, -0.05) is 26.3 Å². The smallest absolute Gasteiger partial charge is 0.394 e. The number of carbonyl (C=O) groups excluding carboxylic acids is 1. The first kappa shape index (κ1) is 19.6. The number of primary amides is 1. The van der Waals surface area contributed by atoms with Gasteiger partial charge in [-0.3, -0.25) is 13.8 Å². The number of phosphoric acid groups is 1. The van der Waals surface area contributed by atoms with Crippen molar-refractivity contribution in [3.63, 3.8) is 0 Å². The minimum absolute atomic E-state index is 0.179. The molecule has 18 heavy (non-hydrogen) atoms. The fourth-order valence-corrected chi connectivity index (χ4v) is 1.47. The summed E-state index contributed by atoms with van der Waals surface area (Å²) in [6, 6.07) is 0. The second kappa shape index (κ2) is 12.7. The third-order valence-electron chi connectivity index (χ3n) is 1.55. The number of unbranched alkanes of at least 4 members (excludes halogenated alkanes) is 2. The fraction of sp³-hybridized carbons (Fsp3) is 0.700. The fourth-order valence-electron chi connectivity index (χ4n) is 0.725. The van der Waals surface area contributed by atoms with E-state index in [-0.39, 0.29) is 19.8 Å². The van der Waals surface area contributed by atoms with Gasteiger partial charge in [0.2, 0.25) is 5.91 Å². The Balaban J connectivity index is 0. The zero-order valence-electron chi connectivity index (χ0n) is 10.6. The second-order valence-electron chi connectivity index (χ2n) is 3.17. The molecule has 108 valence electrons. The summed E-state index contributed by atoms with van der Waals surface area (Å²) in [4.78, 5) is 18.4. The summed E-state index contributed by atoms with van der Waals surface area (Å²) in [6.45, 7) is 4.86. The molecule has 0 rings (SSSR count). The third-order valence-corrected chi connectivity index (χ3v) is 2.57. The summed E-state index contributed by atoms with van der Waals surface area (Å²) in [5.41, 5.74) is 4.53. The molecule has 0 saturated carbocycles. The average molecular weight is 283 g/mol. The van der Waals surface area contributed by atoms with Crippen LogP contribution in [0.4, 0.5) is 0 Å². The maximum Gasteiger partial charge on any atom is 0.472 e. The quantitative estimate of drug-likeness (QED) is 0.329. The Morgan fingerprint density at radius 2 is 1.89 bits per heavy atom. The topological polar surface area (TPSA) is 119 Å². The molecule has 8 heteroatoms. The lowest BCUT2D eigenvalue weighted by Gasteiger charge is -2.10. The van der Waals surface area contributed by atoms with Crippen molar-refractivity contribution in [1.82, 2.24) is 0 Å². The Labute approximate surface area is 107 Å². The molecule has 0 saturated heterocycles. The van der Waals surface area contributed by atoms with E-state index in [1.165, 1.54) is 0 Å². The van der Waals surface area contributed by atoms with Gasteiger partial charge < -0.3 is 15.7 Å². The van der Waals surface area contributed by atoms with E-state index < -0.39 is 13.7 Å². The van der Waals surface area contributed by atoms with E-state index >= 15 is 0 Å². The first-order valence-electron chi connectivity index (χ1n) is 5.54. The van der Waals surface area contributed by atoms with E-state index in [1.54, 1.807) is 0 Å². The van der Waals surface area contributed by atoms with Crippen molar-refractivity contribution in [2.45, 2.75) is 26.2 Å². The minimum atomic E-state index is -3.91. The van der Waals surface area contributed by atoms with Crippen LogP contribution in [0.3, 0.4) is 0 Å². The highest BCUT2D eigenvalue weighted by Crippen LogP contribution is 2.42. The number of rotatable bonds is 9. The van der Waals surface area contributed by atoms with Crippen molar-refractivity contribution in [2.24, 2.45) is 5.73 Å². The molecule has 0 aliphatic carbocycles. The second-order valence-corrected chi connectivity index (χ2v) is 4.63. The lowest BCUT2D eigenvalue weighted by molar-refractivity contribution is -0.113. The molecule has 4 N–H and O–H groups in total. The molecule has 0 aromatic carbocycles. The van der Waals surface area contributed by atoms with Crippen molar-refractivity contribution in [2.75, 3.05) is 19.8 Å². The number of nitrogens with two attached hydrogens (primary N) is 1. The Bertz CT molecular complexity index is 271. The van der Waals surface area contributed by atoms with Crippen molar-refractivity contribution in [3.8, 4) is 0 Å². The number of aliphatic hydroxyl groups excluding tert-OH is 1. The van der Waals surface area contributed by atoms with Crippen molar-refractivity contribution in [1.29, 1.82) is 0 Å². The first-order valence-corrected chi connectivity index (χ1v) is 7.03. The molecule has 0 aromatic rings. The largest absolute Gasteiger partial charge is 0.472 e. The Hall–Kier alpha value is -0.720. The summed E-state index contributed by atoms with van der Waals surface area (Å²) in [5.74, 6) is -0.481. The molecule has 0 radical (unpaired) electrons. The molecule has 0 aliphatic rings. The molecule has 1 amide bonds. The van der Waals surface area contributed by atoms with Crippen LogP contribution in [-0.4, -0.2) is 35.7 Å². The van der Waals surface area contributed by atoms with Gasteiger partial charge in [0.25, 0.3) is 0 Å². The van der Waals surface area contributed by atoms with Gasteiger partial charge in [-0.25, -0.2) is 4.57 Å². The molecule has 1 atom stereocenters. The normalized spacial score (nSPS) is 13.1. The number of aliphatic hydroxyl groups is 1. The average Bonchev–Trinajstić information content (AvgIpc) is 2.33. The van der Waals surface area contributed by atoms with Gasteiger partial charge in [-0.2, -0.15) is 0 Å². The van der Waals surface area contributed by atoms with Gasteiger partial charge in [-0.05, 0) is 12.5 Å². The molecule has 0 heterocycles. The zero-order chi connectivity index (χ0) is 14.4. The maximum atomic E-state index is 10.9. The van der Waals surface area contributed by atoms with E-state index in [2.05, 4.69) is 21.4 Å². The Morgan fingerprint density at radius 3 is 2.28 bits per heavy atom. The molecule has 0 aromatic heterocycles. The predicted octanol–water partition coefficient (Wildman–Crippen LogP) is 0.960. The summed E-state index contributed by atoms with van der Waals surface area (Å²) in [5, 5.41) is 8.33. The third kappa shape index (κ3) is 17.7. The summed E-state index contributed by atoms with van der Waals surface area (Å²) in [7, 11) is -3.91. The van der Waals surface area contributed by atoms with Crippen LogP contribution in [0, 0.1) is 0 Å². The number of carbonyl (C=O) groups is 1. The molecule has 0 aliphatic heterocycles. The Morgan fingerprint density at radius 1 is 1.39 bits per heavy atom. The lowest BCUT2D eigenvalue weighted by atomic mass is 10.3.